The van der Waals surface area contributed by atoms with Crippen LogP contribution in [0.2, 0.25) is 0 Å². The lowest BCUT2D eigenvalue weighted by Crippen LogP contribution is -2.43. The van der Waals surface area contributed by atoms with Gasteiger partial charge < -0.3 is 14.6 Å². The monoisotopic (exact) mass is 334 g/mol. The van der Waals surface area contributed by atoms with Crippen molar-refractivity contribution in [2.45, 2.75) is 52.5 Å². The molecule has 1 saturated carbocycles. The first-order chi connectivity index (χ1) is 11.3. The number of Topliss-reactive ketones (excluding diaryl/α,β-unsaturated/α-hetero) is 1. The highest BCUT2D eigenvalue weighted by molar-refractivity contribution is 6.06. The Bertz CT molecular complexity index is 656. The summed E-state index contributed by atoms with van der Waals surface area (Å²) in [6, 6.07) is -0.572. The molecule has 0 aliphatic heterocycles. The molecule has 1 fully saturated rings. The van der Waals surface area contributed by atoms with Gasteiger partial charge >= 0.3 is 5.97 Å². The lowest BCUT2D eigenvalue weighted by molar-refractivity contribution is -0.135. The maximum absolute atomic E-state index is 12.9. The van der Waals surface area contributed by atoms with Gasteiger partial charge in [-0.15, -0.1) is 0 Å². The number of carbonyl (C=O) groups is 3. The number of likely N-dealkylation sites (N-methyl/N-ethyl adjacent to an activating group) is 1. The summed E-state index contributed by atoms with van der Waals surface area (Å²) < 4.78 is 4.73. The number of esters is 1. The van der Waals surface area contributed by atoms with Crippen molar-refractivity contribution in [2.24, 2.45) is 5.92 Å². The zero-order chi connectivity index (χ0) is 18.0. The van der Waals surface area contributed by atoms with Crippen LogP contribution in [0.4, 0.5) is 0 Å². The summed E-state index contributed by atoms with van der Waals surface area (Å²) in [5, 5.41) is 0. The number of aryl methyl sites for hydroxylation is 1. The number of hydrogen-bond acceptors (Lipinski definition) is 4. The van der Waals surface area contributed by atoms with Gasteiger partial charge in [-0.25, -0.2) is 4.79 Å². The molecule has 6 nitrogen and oxygen atoms in total. The van der Waals surface area contributed by atoms with Crippen molar-refractivity contribution in [1.29, 1.82) is 0 Å². The Morgan fingerprint density at radius 2 is 1.79 bits per heavy atom. The van der Waals surface area contributed by atoms with Gasteiger partial charge in [-0.2, -0.15) is 0 Å². The van der Waals surface area contributed by atoms with E-state index in [-0.39, 0.29) is 23.3 Å². The Morgan fingerprint density at radius 3 is 2.33 bits per heavy atom. The fourth-order valence-electron chi connectivity index (χ4n) is 3.46. The number of hydrogen-bond donors (Lipinski definition) is 1. The standard InChI is InChI=1S/C18H26N2O4/c1-10-14(11(2)19-15(10)18(23)24-5)16(21)12(3)20(4)17(22)13-8-6-7-9-13/h12-13,19H,6-9H2,1-5H3/t12-/m1/s1. The van der Waals surface area contributed by atoms with E-state index in [9.17, 15) is 14.4 Å². The molecule has 0 unspecified atom stereocenters. The van der Waals surface area contributed by atoms with E-state index < -0.39 is 12.0 Å². The zero-order valence-corrected chi connectivity index (χ0v) is 15.1. The lowest BCUT2D eigenvalue weighted by atomic mass is 9.98. The predicted molar refractivity (Wildman–Crippen MR) is 90.1 cm³/mol. The van der Waals surface area contributed by atoms with Crippen molar-refractivity contribution < 1.29 is 19.1 Å². The molecule has 24 heavy (non-hydrogen) atoms. The second kappa shape index (κ2) is 7.20. The van der Waals surface area contributed by atoms with Crippen LogP contribution in [0, 0.1) is 19.8 Å². The minimum Gasteiger partial charge on any atom is -0.464 e. The van der Waals surface area contributed by atoms with Gasteiger partial charge in [-0.1, -0.05) is 12.8 Å². The first-order valence-electron chi connectivity index (χ1n) is 8.37. The Kier molecular flexibility index (Phi) is 5.47. The van der Waals surface area contributed by atoms with Crippen LogP contribution in [0.3, 0.4) is 0 Å². The Labute approximate surface area is 142 Å². The SMILES string of the molecule is COC(=O)c1[nH]c(C)c(C(=O)[C@@H](C)N(C)C(=O)C2CCCC2)c1C. The normalized spacial score (nSPS) is 16.0. The van der Waals surface area contributed by atoms with E-state index in [0.717, 1.165) is 25.7 Å². The number of nitrogens with one attached hydrogen (secondary N) is 1. The lowest BCUT2D eigenvalue weighted by Gasteiger charge is -2.26. The summed E-state index contributed by atoms with van der Waals surface area (Å²) in [6.45, 7) is 5.20. The highest BCUT2D eigenvalue weighted by Gasteiger charge is 2.32. The average molecular weight is 334 g/mol. The fraction of sp³-hybridized carbons (Fsp3) is 0.611. The van der Waals surface area contributed by atoms with Gasteiger partial charge in [0.05, 0.1) is 13.2 Å². The minimum atomic E-state index is -0.572. The van der Waals surface area contributed by atoms with Crippen molar-refractivity contribution in [2.75, 3.05) is 14.2 Å². The Balaban J connectivity index is 2.23. The van der Waals surface area contributed by atoms with Gasteiger partial charge in [-0.3, -0.25) is 9.59 Å². The highest BCUT2D eigenvalue weighted by Crippen LogP contribution is 2.28. The second-order valence-corrected chi connectivity index (χ2v) is 6.59. The van der Waals surface area contributed by atoms with Crippen LogP contribution in [0.15, 0.2) is 0 Å². The van der Waals surface area contributed by atoms with Gasteiger partial charge in [0, 0.05) is 24.2 Å². The number of rotatable bonds is 5. The number of aromatic amines is 1. The molecule has 1 amide bonds. The fourth-order valence-corrected chi connectivity index (χ4v) is 3.46. The van der Waals surface area contributed by atoms with E-state index in [2.05, 4.69) is 4.98 Å². The number of aromatic nitrogens is 1. The molecule has 6 heteroatoms. The number of amides is 1. The molecule has 0 spiro atoms. The van der Waals surface area contributed by atoms with Crippen LogP contribution < -0.4 is 0 Å². The molecule has 0 bridgehead atoms. The summed E-state index contributed by atoms with van der Waals surface area (Å²) in [6.07, 6.45) is 3.95. The van der Waals surface area contributed by atoms with Crippen molar-refractivity contribution in [3.05, 3.63) is 22.5 Å². The maximum Gasteiger partial charge on any atom is 0.354 e. The number of nitrogens with zero attached hydrogens (tertiary/aromatic N) is 1. The number of carbonyl (C=O) groups excluding carboxylic acids is 3. The van der Waals surface area contributed by atoms with Crippen LogP contribution >= 0.6 is 0 Å². The molecule has 0 radical (unpaired) electrons. The van der Waals surface area contributed by atoms with E-state index in [1.165, 1.54) is 7.11 Å². The number of methoxy groups -OCH3 is 1. The average Bonchev–Trinajstić information content (AvgIpc) is 3.20. The summed E-state index contributed by atoms with van der Waals surface area (Å²) in [7, 11) is 2.98. The van der Waals surface area contributed by atoms with E-state index >= 15 is 0 Å². The molecule has 1 aliphatic carbocycles. The molecule has 1 aromatic heterocycles. The van der Waals surface area contributed by atoms with E-state index in [0.29, 0.717) is 16.8 Å². The van der Waals surface area contributed by atoms with Gasteiger partial charge in [0.2, 0.25) is 5.91 Å². The van der Waals surface area contributed by atoms with Crippen LogP contribution in [0.5, 0.6) is 0 Å². The third-order valence-corrected chi connectivity index (χ3v) is 5.09. The molecule has 1 N–H and O–H groups in total. The van der Waals surface area contributed by atoms with Crippen LogP contribution in [0.25, 0.3) is 0 Å². The summed E-state index contributed by atoms with van der Waals surface area (Å²) >= 11 is 0. The molecular formula is C18H26N2O4. The van der Waals surface area contributed by atoms with Crippen LogP contribution in [-0.4, -0.2) is 47.7 Å². The topological polar surface area (TPSA) is 79.5 Å². The van der Waals surface area contributed by atoms with E-state index in [1.807, 2.05) is 0 Å². The van der Waals surface area contributed by atoms with Gasteiger partial charge in [-0.05, 0) is 39.2 Å². The van der Waals surface area contributed by atoms with Crippen LogP contribution in [-0.2, 0) is 9.53 Å². The Morgan fingerprint density at radius 1 is 1.21 bits per heavy atom. The first-order valence-corrected chi connectivity index (χ1v) is 8.37. The van der Waals surface area contributed by atoms with E-state index in [1.54, 1.807) is 32.7 Å². The van der Waals surface area contributed by atoms with Crippen molar-refractivity contribution in [1.82, 2.24) is 9.88 Å². The number of H-pyrrole nitrogens is 1. The molecule has 1 atom stereocenters. The van der Waals surface area contributed by atoms with Crippen molar-refractivity contribution in [3.8, 4) is 0 Å². The number of ketones is 1. The van der Waals surface area contributed by atoms with Gasteiger partial charge in [0.1, 0.15) is 5.69 Å². The maximum atomic E-state index is 12.9. The highest BCUT2D eigenvalue weighted by atomic mass is 16.5. The number of ether oxygens (including phenoxy) is 1. The quantitative estimate of drug-likeness (QED) is 0.663. The first kappa shape index (κ1) is 18.2. The Hall–Kier alpha value is -2.11. The van der Waals surface area contributed by atoms with Gasteiger partial charge in [0.15, 0.2) is 5.78 Å². The smallest absolute Gasteiger partial charge is 0.354 e. The second-order valence-electron chi connectivity index (χ2n) is 6.59. The minimum absolute atomic E-state index is 0.0318. The summed E-state index contributed by atoms with van der Waals surface area (Å²) in [5.41, 5.74) is 1.94. The molecule has 2 rings (SSSR count). The largest absolute Gasteiger partial charge is 0.464 e. The molecule has 1 aromatic rings. The van der Waals surface area contributed by atoms with Crippen molar-refractivity contribution in [3.63, 3.8) is 0 Å². The molecule has 132 valence electrons. The summed E-state index contributed by atoms with van der Waals surface area (Å²) in [4.78, 5) is 41.7. The van der Waals surface area contributed by atoms with E-state index in [4.69, 9.17) is 4.74 Å². The molecular weight excluding hydrogens is 308 g/mol. The third kappa shape index (κ3) is 3.23. The predicted octanol–water partition coefficient (Wildman–Crippen LogP) is 2.64. The van der Waals surface area contributed by atoms with Crippen molar-refractivity contribution >= 4 is 17.7 Å². The zero-order valence-electron chi connectivity index (χ0n) is 15.1. The van der Waals surface area contributed by atoms with Crippen LogP contribution in [0.1, 0.15) is 64.7 Å². The summed E-state index contributed by atoms with van der Waals surface area (Å²) in [5.74, 6) is -0.598. The van der Waals surface area contributed by atoms with Gasteiger partial charge in [0.25, 0.3) is 0 Å². The molecule has 0 aromatic carbocycles. The molecule has 0 saturated heterocycles. The third-order valence-electron chi connectivity index (χ3n) is 5.09. The molecule has 1 heterocycles. The molecule has 1 aliphatic rings.